The SMILES string of the molecule is Cc1ccc(S(=O)(=O)n2ccc3c2ncc2nnc([C@@H]4CC[C@@H](Nc5ccc(Cl)cc5)C4)n23)cc1. The number of aryl methyl sites for hydroxylation is 1. The molecule has 0 aliphatic heterocycles. The lowest BCUT2D eigenvalue weighted by Gasteiger charge is -2.14. The lowest BCUT2D eigenvalue weighted by Crippen LogP contribution is -2.15. The second kappa shape index (κ2) is 8.35. The van der Waals surface area contributed by atoms with Crippen LogP contribution in [0.3, 0.4) is 0 Å². The molecule has 8 nitrogen and oxygen atoms in total. The monoisotopic (exact) mass is 506 g/mol. The van der Waals surface area contributed by atoms with Gasteiger partial charge in [0, 0.05) is 28.9 Å². The largest absolute Gasteiger partial charge is 0.382 e. The van der Waals surface area contributed by atoms with E-state index < -0.39 is 10.0 Å². The Morgan fingerprint density at radius 3 is 2.54 bits per heavy atom. The Morgan fingerprint density at radius 1 is 1.00 bits per heavy atom. The van der Waals surface area contributed by atoms with Crippen LogP contribution < -0.4 is 5.32 Å². The average Bonchev–Trinajstić information content (AvgIpc) is 3.58. The Morgan fingerprint density at radius 2 is 1.77 bits per heavy atom. The first kappa shape index (κ1) is 22.1. The Balaban J connectivity index is 1.34. The van der Waals surface area contributed by atoms with Gasteiger partial charge in [-0.25, -0.2) is 17.4 Å². The van der Waals surface area contributed by atoms with Crippen molar-refractivity contribution in [2.24, 2.45) is 0 Å². The van der Waals surface area contributed by atoms with Gasteiger partial charge in [-0.1, -0.05) is 29.3 Å². The number of fused-ring (bicyclic) bond motifs is 3. The molecule has 2 aromatic carbocycles. The quantitative estimate of drug-likeness (QED) is 0.359. The van der Waals surface area contributed by atoms with Gasteiger partial charge in [0.2, 0.25) is 0 Å². The van der Waals surface area contributed by atoms with E-state index in [1.54, 1.807) is 42.7 Å². The van der Waals surface area contributed by atoms with Crippen molar-refractivity contribution >= 4 is 44.1 Å². The summed E-state index contributed by atoms with van der Waals surface area (Å²) in [4.78, 5) is 4.65. The number of rotatable bonds is 5. The van der Waals surface area contributed by atoms with Crippen molar-refractivity contribution < 1.29 is 8.42 Å². The number of halogens is 1. The van der Waals surface area contributed by atoms with Crippen LogP contribution in [0.4, 0.5) is 5.69 Å². The summed E-state index contributed by atoms with van der Waals surface area (Å²) in [5.74, 6) is 1.02. The van der Waals surface area contributed by atoms with Crippen molar-refractivity contribution in [3.63, 3.8) is 0 Å². The van der Waals surface area contributed by atoms with E-state index >= 15 is 0 Å². The minimum atomic E-state index is -3.79. The highest BCUT2D eigenvalue weighted by atomic mass is 35.5. The highest BCUT2D eigenvalue weighted by molar-refractivity contribution is 7.90. The van der Waals surface area contributed by atoms with Gasteiger partial charge in [-0.15, -0.1) is 10.2 Å². The molecule has 1 aliphatic carbocycles. The van der Waals surface area contributed by atoms with E-state index in [-0.39, 0.29) is 10.8 Å². The second-order valence-electron chi connectivity index (χ2n) is 9.01. The van der Waals surface area contributed by atoms with Crippen LogP contribution in [0.2, 0.25) is 5.02 Å². The molecule has 1 fully saturated rings. The van der Waals surface area contributed by atoms with E-state index in [4.69, 9.17) is 11.6 Å². The summed E-state index contributed by atoms with van der Waals surface area (Å²) in [7, 11) is -3.79. The molecule has 0 amide bonds. The van der Waals surface area contributed by atoms with Crippen LogP contribution in [-0.4, -0.2) is 38.0 Å². The topological polar surface area (TPSA) is 94.2 Å². The molecule has 0 unspecified atom stereocenters. The first-order chi connectivity index (χ1) is 16.9. The lowest BCUT2D eigenvalue weighted by molar-refractivity contribution is 0.588. The average molecular weight is 507 g/mol. The molecule has 0 bridgehead atoms. The van der Waals surface area contributed by atoms with Gasteiger partial charge in [0.1, 0.15) is 5.82 Å². The summed E-state index contributed by atoms with van der Waals surface area (Å²) in [5.41, 5.74) is 3.67. The van der Waals surface area contributed by atoms with Crippen LogP contribution in [0, 0.1) is 6.92 Å². The van der Waals surface area contributed by atoms with Gasteiger partial charge < -0.3 is 5.32 Å². The number of nitrogens with zero attached hydrogens (tertiary/aromatic N) is 5. The fourth-order valence-corrected chi connectivity index (χ4v) is 6.29. The molecule has 5 aromatic rings. The minimum Gasteiger partial charge on any atom is -0.382 e. The smallest absolute Gasteiger partial charge is 0.269 e. The number of aromatic nitrogens is 5. The molecule has 2 atom stereocenters. The maximum Gasteiger partial charge on any atom is 0.269 e. The van der Waals surface area contributed by atoms with Crippen molar-refractivity contribution in [1.82, 2.24) is 23.6 Å². The Kier molecular flexibility index (Phi) is 5.26. The van der Waals surface area contributed by atoms with E-state index in [0.717, 1.165) is 36.3 Å². The van der Waals surface area contributed by atoms with E-state index in [2.05, 4.69) is 20.5 Å². The minimum absolute atomic E-state index is 0.192. The molecule has 0 radical (unpaired) electrons. The van der Waals surface area contributed by atoms with Gasteiger partial charge in [-0.3, -0.25) is 4.40 Å². The summed E-state index contributed by atoms with van der Waals surface area (Å²) in [6.45, 7) is 1.92. The van der Waals surface area contributed by atoms with Gasteiger partial charge in [-0.05, 0) is 68.7 Å². The highest BCUT2D eigenvalue weighted by Crippen LogP contribution is 2.36. The van der Waals surface area contributed by atoms with Crippen LogP contribution in [0.1, 0.15) is 36.6 Å². The van der Waals surface area contributed by atoms with Gasteiger partial charge in [0.05, 0.1) is 16.6 Å². The summed E-state index contributed by atoms with van der Waals surface area (Å²) in [5, 5.41) is 13.1. The Bertz CT molecular complexity index is 1640. The molecule has 3 aromatic heterocycles. The van der Waals surface area contributed by atoms with E-state index in [1.807, 2.05) is 35.6 Å². The zero-order valence-electron chi connectivity index (χ0n) is 19.0. The molecule has 0 spiro atoms. The maximum atomic E-state index is 13.3. The van der Waals surface area contributed by atoms with Gasteiger partial charge in [-0.2, -0.15) is 0 Å². The predicted molar refractivity (Wildman–Crippen MR) is 135 cm³/mol. The van der Waals surface area contributed by atoms with E-state index in [0.29, 0.717) is 27.9 Å². The normalized spacial score (nSPS) is 18.5. The number of nitrogens with one attached hydrogen (secondary N) is 1. The molecule has 10 heteroatoms. The van der Waals surface area contributed by atoms with Crippen molar-refractivity contribution in [3.05, 3.63) is 83.4 Å². The van der Waals surface area contributed by atoms with Crippen LogP contribution in [0.5, 0.6) is 0 Å². The van der Waals surface area contributed by atoms with E-state index in [9.17, 15) is 8.42 Å². The highest BCUT2D eigenvalue weighted by Gasteiger charge is 2.30. The fraction of sp³-hybridized carbons (Fsp3) is 0.240. The summed E-state index contributed by atoms with van der Waals surface area (Å²) < 4.78 is 29.9. The summed E-state index contributed by atoms with van der Waals surface area (Å²) in [6, 6.07) is 16.6. The lowest BCUT2D eigenvalue weighted by atomic mass is 10.1. The molecule has 35 heavy (non-hydrogen) atoms. The van der Waals surface area contributed by atoms with Crippen molar-refractivity contribution in [3.8, 4) is 0 Å². The molecule has 3 heterocycles. The van der Waals surface area contributed by atoms with Crippen LogP contribution in [0.25, 0.3) is 16.8 Å². The molecular weight excluding hydrogens is 484 g/mol. The first-order valence-electron chi connectivity index (χ1n) is 11.5. The summed E-state index contributed by atoms with van der Waals surface area (Å²) >= 11 is 6.00. The van der Waals surface area contributed by atoms with Gasteiger partial charge >= 0.3 is 0 Å². The number of benzene rings is 2. The number of anilines is 1. The number of hydrogen-bond donors (Lipinski definition) is 1. The van der Waals surface area contributed by atoms with Crippen molar-refractivity contribution in [2.75, 3.05) is 5.32 Å². The molecule has 1 aliphatic rings. The Hall–Kier alpha value is -3.43. The van der Waals surface area contributed by atoms with Crippen molar-refractivity contribution in [1.29, 1.82) is 0 Å². The molecule has 0 saturated heterocycles. The predicted octanol–water partition coefficient (Wildman–Crippen LogP) is 5.03. The van der Waals surface area contributed by atoms with E-state index in [1.165, 1.54) is 3.97 Å². The molecule has 178 valence electrons. The molecular formula is C25H23ClN6O2S. The second-order valence-corrected chi connectivity index (χ2v) is 11.3. The van der Waals surface area contributed by atoms with Crippen LogP contribution >= 0.6 is 11.6 Å². The van der Waals surface area contributed by atoms with Gasteiger partial charge in [0.15, 0.2) is 11.3 Å². The standard InChI is InChI=1S/C25H23ClN6O2S/c1-16-2-10-21(11-3-16)35(33,34)31-13-12-22-25(31)27-15-23-29-30-24(32(22)23)17-4-7-20(14-17)28-19-8-5-18(26)6-9-19/h2-3,5-6,8-13,15,17,20,28H,4,7,14H2,1H3/t17-,20-/m1/s1. The molecule has 1 N–H and O–H groups in total. The van der Waals surface area contributed by atoms with Crippen LogP contribution in [0.15, 0.2) is 71.9 Å². The zero-order valence-corrected chi connectivity index (χ0v) is 20.5. The third-order valence-corrected chi connectivity index (χ3v) is 8.58. The maximum absolute atomic E-state index is 13.3. The number of hydrogen-bond acceptors (Lipinski definition) is 6. The molecule has 6 rings (SSSR count). The summed E-state index contributed by atoms with van der Waals surface area (Å²) in [6.07, 6.45) is 5.99. The van der Waals surface area contributed by atoms with Gasteiger partial charge in [0.25, 0.3) is 10.0 Å². The molecule has 1 saturated carbocycles. The first-order valence-corrected chi connectivity index (χ1v) is 13.3. The van der Waals surface area contributed by atoms with Crippen molar-refractivity contribution in [2.45, 2.75) is 43.0 Å². The zero-order chi connectivity index (χ0) is 24.2. The van der Waals surface area contributed by atoms with Crippen LogP contribution in [-0.2, 0) is 10.0 Å². The Labute approximate surface area is 207 Å². The third-order valence-electron chi connectivity index (χ3n) is 6.65. The third kappa shape index (κ3) is 3.84. The fourth-order valence-electron chi connectivity index (χ4n) is 4.86.